The number of hydrogen-bond donors (Lipinski definition) is 1. The minimum Gasteiger partial charge on any atom is -0.332 e. The summed E-state index contributed by atoms with van der Waals surface area (Å²) in [6.45, 7) is 0.649. The van der Waals surface area contributed by atoms with Crippen LogP contribution in [0, 0.1) is 0 Å². The minimum absolute atomic E-state index is 0.301. The standard InChI is InChI=1S/C16H13ClN2O/c17-18-16(20)15-10-12-6-4-5-7-13(12)11-19(15)14-8-2-1-3-9-14/h1-10H,11H2,(H,18,20). The molecule has 2 aromatic rings. The van der Waals surface area contributed by atoms with E-state index in [0.29, 0.717) is 12.2 Å². The molecule has 1 N–H and O–H groups in total. The van der Waals surface area contributed by atoms with E-state index in [2.05, 4.69) is 10.9 Å². The number of carbonyl (C=O) groups excluding carboxylic acids is 1. The summed E-state index contributed by atoms with van der Waals surface area (Å²) in [5.74, 6) is -0.301. The maximum absolute atomic E-state index is 12.0. The largest absolute Gasteiger partial charge is 0.332 e. The van der Waals surface area contributed by atoms with E-state index in [1.54, 1.807) is 0 Å². The Labute approximate surface area is 122 Å². The molecule has 1 aliphatic rings. The van der Waals surface area contributed by atoms with Crippen molar-refractivity contribution in [2.24, 2.45) is 0 Å². The number of nitrogens with one attached hydrogen (secondary N) is 1. The Bertz CT molecular complexity index is 667. The molecule has 2 aromatic carbocycles. The third kappa shape index (κ3) is 2.28. The molecular weight excluding hydrogens is 272 g/mol. The van der Waals surface area contributed by atoms with Gasteiger partial charge in [0.1, 0.15) is 5.70 Å². The van der Waals surface area contributed by atoms with Gasteiger partial charge in [-0.2, -0.15) is 0 Å². The van der Waals surface area contributed by atoms with Crippen molar-refractivity contribution in [1.82, 2.24) is 4.84 Å². The maximum atomic E-state index is 12.0. The van der Waals surface area contributed by atoms with E-state index < -0.39 is 0 Å². The monoisotopic (exact) mass is 284 g/mol. The molecule has 0 unspecified atom stereocenters. The van der Waals surface area contributed by atoms with Gasteiger partial charge in [0.05, 0.1) is 0 Å². The summed E-state index contributed by atoms with van der Waals surface area (Å²) in [6, 6.07) is 17.8. The lowest BCUT2D eigenvalue weighted by Crippen LogP contribution is -2.33. The molecule has 0 radical (unpaired) electrons. The third-order valence-electron chi connectivity index (χ3n) is 3.35. The van der Waals surface area contributed by atoms with E-state index in [1.165, 1.54) is 5.56 Å². The van der Waals surface area contributed by atoms with Gasteiger partial charge in [0, 0.05) is 24.0 Å². The van der Waals surface area contributed by atoms with E-state index in [0.717, 1.165) is 11.3 Å². The van der Waals surface area contributed by atoms with Crippen LogP contribution in [0.5, 0.6) is 0 Å². The van der Waals surface area contributed by atoms with Gasteiger partial charge in [0.25, 0.3) is 5.91 Å². The highest BCUT2D eigenvalue weighted by Crippen LogP contribution is 2.29. The molecule has 0 saturated carbocycles. The molecule has 4 heteroatoms. The van der Waals surface area contributed by atoms with Crippen LogP contribution in [-0.4, -0.2) is 5.91 Å². The lowest BCUT2D eigenvalue weighted by molar-refractivity contribution is -0.115. The van der Waals surface area contributed by atoms with Gasteiger partial charge in [0.15, 0.2) is 0 Å². The predicted octanol–water partition coefficient (Wildman–Crippen LogP) is 3.32. The molecule has 0 spiro atoms. The summed E-state index contributed by atoms with van der Waals surface area (Å²) < 4.78 is 0. The van der Waals surface area contributed by atoms with Crippen LogP contribution in [-0.2, 0) is 11.3 Å². The van der Waals surface area contributed by atoms with E-state index in [9.17, 15) is 4.79 Å². The summed E-state index contributed by atoms with van der Waals surface area (Å²) >= 11 is 5.50. The average molecular weight is 285 g/mol. The lowest BCUT2D eigenvalue weighted by atomic mass is 10.0. The second-order valence-corrected chi connectivity index (χ2v) is 4.76. The zero-order valence-corrected chi connectivity index (χ0v) is 11.5. The number of carbonyl (C=O) groups is 1. The van der Waals surface area contributed by atoms with E-state index >= 15 is 0 Å². The van der Waals surface area contributed by atoms with Crippen LogP contribution in [0.25, 0.3) is 6.08 Å². The van der Waals surface area contributed by atoms with Gasteiger partial charge in [-0.05, 0) is 29.3 Å². The van der Waals surface area contributed by atoms with Crippen molar-refractivity contribution >= 4 is 29.4 Å². The van der Waals surface area contributed by atoms with Crippen LogP contribution in [0.2, 0.25) is 0 Å². The summed E-state index contributed by atoms with van der Waals surface area (Å²) in [5, 5.41) is 0. The first-order valence-corrected chi connectivity index (χ1v) is 6.70. The normalized spacial score (nSPS) is 13.4. The highest BCUT2D eigenvalue weighted by atomic mass is 35.5. The fraction of sp³-hybridized carbons (Fsp3) is 0.0625. The molecule has 1 aliphatic heterocycles. The number of hydrogen-bond acceptors (Lipinski definition) is 2. The van der Waals surface area contributed by atoms with Crippen molar-refractivity contribution < 1.29 is 4.79 Å². The van der Waals surface area contributed by atoms with Gasteiger partial charge in [0.2, 0.25) is 0 Å². The molecule has 0 fully saturated rings. The maximum Gasteiger partial charge on any atom is 0.282 e. The molecule has 100 valence electrons. The molecule has 0 bridgehead atoms. The molecule has 1 heterocycles. The Morgan fingerprint density at radius 1 is 1.05 bits per heavy atom. The number of nitrogens with zero attached hydrogens (tertiary/aromatic N) is 1. The van der Waals surface area contributed by atoms with Gasteiger partial charge < -0.3 is 4.90 Å². The van der Waals surface area contributed by atoms with E-state index in [4.69, 9.17) is 11.8 Å². The van der Waals surface area contributed by atoms with Gasteiger partial charge in [-0.25, -0.2) is 0 Å². The second-order valence-electron chi connectivity index (χ2n) is 4.57. The fourth-order valence-corrected chi connectivity index (χ4v) is 2.47. The van der Waals surface area contributed by atoms with Crippen molar-refractivity contribution in [3.05, 3.63) is 71.4 Å². The van der Waals surface area contributed by atoms with Gasteiger partial charge >= 0.3 is 0 Å². The molecule has 3 rings (SSSR count). The first kappa shape index (κ1) is 12.8. The Morgan fingerprint density at radius 2 is 1.75 bits per heavy atom. The molecule has 0 aromatic heterocycles. The Morgan fingerprint density at radius 3 is 2.50 bits per heavy atom. The first-order valence-electron chi connectivity index (χ1n) is 6.33. The molecule has 1 amide bonds. The molecule has 3 nitrogen and oxygen atoms in total. The summed E-state index contributed by atoms with van der Waals surface area (Å²) in [7, 11) is 0. The van der Waals surface area contributed by atoms with Crippen LogP contribution in [0.4, 0.5) is 5.69 Å². The van der Waals surface area contributed by atoms with Crippen LogP contribution >= 0.6 is 11.8 Å². The quantitative estimate of drug-likeness (QED) is 0.858. The number of halogens is 1. The number of para-hydroxylation sites is 1. The average Bonchev–Trinajstić information content (AvgIpc) is 2.53. The summed E-state index contributed by atoms with van der Waals surface area (Å²) in [4.78, 5) is 16.2. The topological polar surface area (TPSA) is 32.3 Å². The molecule has 0 atom stereocenters. The van der Waals surface area contributed by atoms with Crippen LogP contribution in [0.3, 0.4) is 0 Å². The Kier molecular flexibility index (Phi) is 3.44. The van der Waals surface area contributed by atoms with Crippen molar-refractivity contribution in [3.8, 4) is 0 Å². The number of rotatable bonds is 2. The van der Waals surface area contributed by atoms with Crippen LogP contribution in [0.1, 0.15) is 11.1 Å². The van der Waals surface area contributed by atoms with E-state index in [-0.39, 0.29) is 5.91 Å². The van der Waals surface area contributed by atoms with Crippen molar-refractivity contribution in [2.75, 3.05) is 4.90 Å². The molecule has 20 heavy (non-hydrogen) atoms. The zero-order chi connectivity index (χ0) is 13.9. The lowest BCUT2D eigenvalue weighted by Gasteiger charge is -2.30. The minimum atomic E-state index is -0.301. The summed E-state index contributed by atoms with van der Waals surface area (Å²) in [6.07, 6.45) is 1.86. The van der Waals surface area contributed by atoms with Gasteiger partial charge in [-0.1, -0.05) is 42.5 Å². The Hall–Kier alpha value is -2.26. The smallest absolute Gasteiger partial charge is 0.282 e. The summed E-state index contributed by atoms with van der Waals surface area (Å²) in [5.41, 5.74) is 3.75. The van der Waals surface area contributed by atoms with Crippen molar-refractivity contribution in [2.45, 2.75) is 6.54 Å². The number of anilines is 1. The highest BCUT2D eigenvalue weighted by molar-refractivity contribution is 6.25. The molecule has 0 saturated heterocycles. The molecular formula is C16H13ClN2O. The van der Waals surface area contributed by atoms with Crippen molar-refractivity contribution in [3.63, 3.8) is 0 Å². The second kappa shape index (κ2) is 5.39. The number of fused-ring (bicyclic) bond motifs is 1. The van der Waals surface area contributed by atoms with Crippen LogP contribution in [0.15, 0.2) is 60.3 Å². The SMILES string of the molecule is O=C(NCl)C1=Cc2ccccc2CN1c1ccccc1. The number of amides is 1. The molecule has 0 aliphatic carbocycles. The first-order chi connectivity index (χ1) is 9.79. The highest BCUT2D eigenvalue weighted by Gasteiger charge is 2.23. The zero-order valence-electron chi connectivity index (χ0n) is 10.7. The predicted molar refractivity (Wildman–Crippen MR) is 81.0 cm³/mol. The number of benzene rings is 2. The fourth-order valence-electron chi connectivity index (χ4n) is 2.37. The van der Waals surface area contributed by atoms with Gasteiger partial charge in [-0.15, -0.1) is 0 Å². The Balaban J connectivity index is 2.09. The van der Waals surface area contributed by atoms with Gasteiger partial charge in [-0.3, -0.25) is 9.63 Å². The van der Waals surface area contributed by atoms with E-state index in [1.807, 2.05) is 59.5 Å². The van der Waals surface area contributed by atoms with Crippen LogP contribution < -0.4 is 9.74 Å². The van der Waals surface area contributed by atoms with Crippen molar-refractivity contribution in [1.29, 1.82) is 0 Å². The third-order valence-corrected chi connectivity index (χ3v) is 3.52.